The van der Waals surface area contributed by atoms with E-state index in [2.05, 4.69) is 15.4 Å². The van der Waals surface area contributed by atoms with Crippen molar-refractivity contribution in [3.8, 4) is 11.5 Å². The molecule has 2 aliphatic heterocycles. The first kappa shape index (κ1) is 64.7. The van der Waals surface area contributed by atoms with Crippen LogP contribution in [0.2, 0.25) is 10.0 Å². The van der Waals surface area contributed by atoms with Crippen LogP contribution in [0.3, 0.4) is 0 Å². The zero-order valence-electron chi connectivity index (χ0n) is 48.3. The summed E-state index contributed by atoms with van der Waals surface area (Å²) < 4.78 is 31.8. The standard InChI is InChI=1S/C28H27ClN2O5.C26H25ClN2O3.C12H10O3P.CH4O/c1-17-7-4-5-8-21(17)26(32)30-20-11-12-22(18(2)15-20)27(33)31-14-6-9-25(36-28(34)35-3)23-16-19(29)10-13-24(23)31;1-16-6-3-4-7-20(16)25(31)28-19-10-11-21(17(2)14-19)26(32)29-13-5-8-24(30)22-15-18(27)9-12-23(22)29;13-16(14-11-7-3-1-4-8-11)15-12-9-5-2-6-10-12;1-2/h4-5,7-8,10-13,15-16,25H,6,9,14H2,1-3H3,(H,30,32);3-4,6-7,9-12,14-15,24,30H,5,8,13H2,1-2H3,(H,28,31);1-10H;2H,1H3/q;;+1;. The maximum Gasteiger partial charge on any atom is 0.805 e. The Bertz CT molecular complexity index is 3660. The largest absolute Gasteiger partial charge is 0.805 e. The Morgan fingerprint density at radius 3 is 1.37 bits per heavy atom. The van der Waals surface area contributed by atoms with Gasteiger partial charge >= 0.3 is 14.4 Å². The van der Waals surface area contributed by atoms with Gasteiger partial charge in [0.15, 0.2) is 11.5 Å². The fourth-order valence-electron chi connectivity index (χ4n) is 9.66. The molecule has 10 rings (SSSR count). The quantitative estimate of drug-likeness (QED) is 0.0704. The summed E-state index contributed by atoms with van der Waals surface area (Å²) in [4.78, 5) is 67.6. The number of hydrogen-bond donors (Lipinski definition) is 4. The van der Waals surface area contributed by atoms with E-state index in [1.165, 1.54) is 7.11 Å². The van der Waals surface area contributed by atoms with Gasteiger partial charge in [0.25, 0.3) is 23.6 Å². The van der Waals surface area contributed by atoms with Crippen LogP contribution in [0.4, 0.5) is 27.5 Å². The molecule has 0 radical (unpaired) electrons. The minimum Gasteiger partial charge on any atom is -0.438 e. The van der Waals surface area contributed by atoms with Crippen molar-refractivity contribution in [3.63, 3.8) is 0 Å². The smallest absolute Gasteiger partial charge is 0.438 e. The van der Waals surface area contributed by atoms with Crippen molar-refractivity contribution in [1.82, 2.24) is 0 Å². The number of methoxy groups -OCH3 is 1. The second-order valence-electron chi connectivity index (χ2n) is 19.8. The number of fused-ring (bicyclic) bond motifs is 2. The summed E-state index contributed by atoms with van der Waals surface area (Å²) in [6.45, 7) is 8.42. The number of nitrogens with one attached hydrogen (secondary N) is 2. The zero-order valence-corrected chi connectivity index (χ0v) is 50.7. The Kier molecular flexibility index (Phi) is 23.5. The third-order valence-corrected chi connectivity index (χ3v) is 15.1. The number of aryl methyl sites for hydroxylation is 4. The van der Waals surface area contributed by atoms with E-state index in [0.29, 0.717) is 116 Å². The number of nitrogens with zero attached hydrogens (tertiary/aromatic N) is 2. The van der Waals surface area contributed by atoms with E-state index in [0.717, 1.165) is 29.4 Å². The van der Waals surface area contributed by atoms with E-state index >= 15 is 0 Å². The third kappa shape index (κ3) is 17.1. The number of rotatable bonds is 11. The summed E-state index contributed by atoms with van der Waals surface area (Å²) >= 11 is 12.4. The van der Waals surface area contributed by atoms with Crippen LogP contribution in [0.15, 0.2) is 182 Å². The molecule has 2 aliphatic rings. The Morgan fingerprint density at radius 2 is 0.930 bits per heavy atom. The molecule has 0 saturated carbocycles. The van der Waals surface area contributed by atoms with Crippen LogP contribution in [-0.4, -0.2) is 67.3 Å². The second-order valence-corrected chi connectivity index (χ2v) is 21.5. The number of carbonyl (C=O) groups is 5. The van der Waals surface area contributed by atoms with Gasteiger partial charge in [-0.25, -0.2) is 13.8 Å². The Morgan fingerprint density at radius 1 is 0.512 bits per heavy atom. The van der Waals surface area contributed by atoms with Gasteiger partial charge in [-0.2, -0.15) is 0 Å². The van der Waals surface area contributed by atoms with Gasteiger partial charge in [0, 0.05) is 85.3 Å². The number of halogens is 2. The predicted octanol–water partition coefficient (Wildman–Crippen LogP) is 15.6. The van der Waals surface area contributed by atoms with Crippen LogP contribution < -0.4 is 29.5 Å². The number of carbonyl (C=O) groups excluding carboxylic acids is 5. The average molecular weight is 1220 g/mol. The first-order chi connectivity index (χ1) is 41.5. The molecular weight excluding hydrogens is 1150 g/mol. The van der Waals surface area contributed by atoms with E-state index in [4.69, 9.17) is 42.1 Å². The van der Waals surface area contributed by atoms with E-state index in [1.807, 2.05) is 76.2 Å². The summed E-state index contributed by atoms with van der Waals surface area (Å²) in [5, 5.41) is 24.3. The van der Waals surface area contributed by atoms with Crippen LogP contribution >= 0.6 is 31.5 Å². The second kappa shape index (κ2) is 31.3. The molecule has 0 fully saturated rings. The number of amides is 4. The fourth-order valence-corrected chi connectivity index (χ4v) is 10.7. The molecule has 86 heavy (non-hydrogen) atoms. The molecule has 0 bridgehead atoms. The van der Waals surface area contributed by atoms with Crippen molar-refractivity contribution >= 4 is 84.0 Å². The molecule has 444 valence electrons. The van der Waals surface area contributed by atoms with Crippen LogP contribution in [0.5, 0.6) is 11.5 Å². The van der Waals surface area contributed by atoms with E-state index in [9.17, 15) is 33.6 Å². The number of aliphatic hydroxyl groups is 2. The highest BCUT2D eigenvalue weighted by molar-refractivity contribution is 7.34. The van der Waals surface area contributed by atoms with Crippen LogP contribution in [0.25, 0.3) is 0 Å². The van der Waals surface area contributed by atoms with Crippen LogP contribution in [0, 0.1) is 27.7 Å². The van der Waals surface area contributed by atoms with Gasteiger partial charge in [-0.3, -0.25) is 19.2 Å². The number of anilines is 4. The summed E-state index contributed by atoms with van der Waals surface area (Å²) in [7, 11) is 0.0705. The van der Waals surface area contributed by atoms with Gasteiger partial charge in [0.1, 0.15) is 6.10 Å². The Hall–Kier alpha value is -8.89. The molecule has 4 amide bonds. The van der Waals surface area contributed by atoms with E-state index in [1.54, 1.807) is 143 Å². The molecule has 2 atom stereocenters. The normalized spacial score (nSPS) is 13.9. The highest BCUT2D eigenvalue weighted by Crippen LogP contribution is 2.39. The lowest BCUT2D eigenvalue weighted by Crippen LogP contribution is -2.32. The molecule has 0 spiro atoms. The highest BCUT2D eigenvalue weighted by Gasteiger charge is 2.32. The van der Waals surface area contributed by atoms with Crippen molar-refractivity contribution in [2.75, 3.05) is 47.7 Å². The number of para-hydroxylation sites is 2. The Labute approximate surface area is 511 Å². The van der Waals surface area contributed by atoms with Crippen molar-refractivity contribution in [1.29, 1.82) is 0 Å². The summed E-state index contributed by atoms with van der Waals surface area (Å²) in [5.74, 6) is 0.332. The van der Waals surface area contributed by atoms with Gasteiger partial charge in [-0.15, -0.1) is 0 Å². The molecule has 8 aromatic carbocycles. The lowest BCUT2D eigenvalue weighted by atomic mass is 10.0. The zero-order chi connectivity index (χ0) is 61.9. The van der Waals surface area contributed by atoms with Gasteiger partial charge in [-0.1, -0.05) is 96.0 Å². The molecule has 0 saturated heterocycles. The van der Waals surface area contributed by atoms with Crippen molar-refractivity contribution < 1.29 is 57.3 Å². The van der Waals surface area contributed by atoms with Crippen LogP contribution in [-0.2, 0) is 14.0 Å². The minimum absolute atomic E-state index is 0.142. The first-order valence-corrected chi connectivity index (χ1v) is 29.3. The molecule has 8 aromatic rings. The maximum atomic E-state index is 13.7. The summed E-state index contributed by atoms with van der Waals surface area (Å²) in [5.41, 5.74) is 9.41. The first-order valence-electron chi connectivity index (χ1n) is 27.5. The minimum atomic E-state index is -2.18. The van der Waals surface area contributed by atoms with Gasteiger partial charge < -0.3 is 40.1 Å². The van der Waals surface area contributed by atoms with Crippen molar-refractivity contribution in [2.45, 2.75) is 65.6 Å². The number of benzene rings is 8. The Balaban J connectivity index is 0.000000194. The molecule has 2 heterocycles. The highest BCUT2D eigenvalue weighted by atomic mass is 35.5. The molecular formula is C67H66Cl2N4O12P+. The molecule has 0 aliphatic carbocycles. The lowest BCUT2D eigenvalue weighted by Gasteiger charge is -2.25. The molecule has 19 heteroatoms. The van der Waals surface area contributed by atoms with Gasteiger partial charge in [-0.05, 0) is 185 Å². The number of hydrogen-bond acceptors (Lipinski definition) is 12. The van der Waals surface area contributed by atoms with Gasteiger partial charge in [0.2, 0.25) is 0 Å². The van der Waals surface area contributed by atoms with Crippen molar-refractivity contribution in [3.05, 3.63) is 248 Å². The molecule has 4 N–H and O–H groups in total. The average Bonchev–Trinajstić information content (AvgIpc) is 3.01. The SMILES string of the molecule is CO.COC(=O)OC1CCCN(C(=O)c2ccc(NC(=O)c3ccccc3C)cc2C)c2ccc(Cl)cc21.Cc1ccccc1C(=O)Nc1ccc(C(=O)N2CCCC(O)c3cc(Cl)ccc32)c(C)c1.O=[P+](Oc1ccccc1)Oc1ccccc1. The number of aliphatic hydroxyl groups excluding tert-OH is 2. The van der Waals surface area contributed by atoms with Gasteiger partial charge in [0.05, 0.1) is 18.9 Å². The molecule has 16 nitrogen and oxygen atoms in total. The van der Waals surface area contributed by atoms with E-state index in [-0.39, 0.29) is 23.6 Å². The number of ether oxygens (including phenoxy) is 2. The summed E-state index contributed by atoms with van der Waals surface area (Å²) in [6.07, 6.45) is 0.372. The third-order valence-electron chi connectivity index (χ3n) is 13.9. The van der Waals surface area contributed by atoms with E-state index < -0.39 is 26.6 Å². The van der Waals surface area contributed by atoms with Crippen LogP contribution in [0.1, 0.15) is 113 Å². The maximum absolute atomic E-state index is 13.7. The summed E-state index contributed by atoms with van der Waals surface area (Å²) in [6, 6.07) is 53.5. The fraction of sp³-hybridized carbons (Fsp3) is 0.209. The molecule has 2 unspecified atom stereocenters. The van der Waals surface area contributed by atoms with Crippen molar-refractivity contribution in [2.24, 2.45) is 0 Å². The lowest BCUT2D eigenvalue weighted by molar-refractivity contribution is 0.0334. The topological polar surface area (TPSA) is 210 Å². The molecule has 0 aromatic heterocycles. The predicted molar refractivity (Wildman–Crippen MR) is 336 cm³/mol. The monoisotopic (exact) mass is 1220 g/mol.